The van der Waals surface area contributed by atoms with Crippen LogP contribution in [0.5, 0.6) is 5.75 Å². The minimum atomic E-state index is 0.829. The summed E-state index contributed by atoms with van der Waals surface area (Å²) in [5.74, 6) is 1.76. The third kappa shape index (κ3) is 3.23. The van der Waals surface area contributed by atoms with Gasteiger partial charge in [-0.2, -0.15) is 0 Å². The zero-order chi connectivity index (χ0) is 12.3. The molecule has 1 saturated heterocycles. The Bertz CT molecular complexity index is 386. The van der Waals surface area contributed by atoms with Crippen molar-refractivity contribution >= 4 is 15.9 Å². The van der Waals surface area contributed by atoms with E-state index in [4.69, 9.17) is 4.74 Å². The monoisotopic (exact) mass is 297 g/mol. The summed E-state index contributed by atoms with van der Waals surface area (Å²) >= 11 is 3.57. The highest BCUT2D eigenvalue weighted by atomic mass is 79.9. The van der Waals surface area contributed by atoms with E-state index in [1.54, 1.807) is 7.11 Å². The van der Waals surface area contributed by atoms with Crippen molar-refractivity contribution in [2.45, 2.75) is 26.2 Å². The van der Waals surface area contributed by atoms with Crippen molar-refractivity contribution in [3.63, 3.8) is 0 Å². The molecule has 94 valence electrons. The van der Waals surface area contributed by atoms with Crippen molar-refractivity contribution in [1.82, 2.24) is 5.32 Å². The lowest BCUT2D eigenvalue weighted by Crippen LogP contribution is -2.28. The Labute approximate surface area is 112 Å². The Balaban J connectivity index is 2.12. The fraction of sp³-hybridized carbons (Fsp3) is 0.571. The second kappa shape index (κ2) is 5.87. The number of hydrogen-bond donors (Lipinski definition) is 1. The van der Waals surface area contributed by atoms with Gasteiger partial charge in [0.05, 0.1) is 11.6 Å². The highest BCUT2D eigenvalue weighted by Crippen LogP contribution is 2.30. The maximum atomic E-state index is 5.31. The second-order valence-corrected chi connectivity index (χ2v) is 5.67. The minimum absolute atomic E-state index is 0.829. The van der Waals surface area contributed by atoms with Crippen LogP contribution in [0, 0.1) is 12.8 Å². The number of piperidine rings is 1. The number of rotatable bonds is 3. The third-order valence-corrected chi connectivity index (χ3v) is 4.20. The number of hydrogen-bond acceptors (Lipinski definition) is 2. The average Bonchev–Trinajstić information content (AvgIpc) is 2.34. The van der Waals surface area contributed by atoms with Crippen molar-refractivity contribution in [1.29, 1.82) is 0 Å². The summed E-state index contributed by atoms with van der Waals surface area (Å²) < 4.78 is 6.38. The van der Waals surface area contributed by atoms with Crippen LogP contribution in [0.4, 0.5) is 0 Å². The van der Waals surface area contributed by atoms with Gasteiger partial charge in [-0.05, 0) is 84.4 Å². The van der Waals surface area contributed by atoms with E-state index in [-0.39, 0.29) is 0 Å². The van der Waals surface area contributed by atoms with Crippen molar-refractivity contribution in [3.05, 3.63) is 27.7 Å². The summed E-state index contributed by atoms with van der Waals surface area (Å²) in [7, 11) is 1.71. The van der Waals surface area contributed by atoms with Gasteiger partial charge in [-0.3, -0.25) is 0 Å². The first kappa shape index (κ1) is 12.9. The molecule has 0 atom stereocenters. The SMILES string of the molecule is COc1cc(C)c(CC2CCNCC2)cc1Br. The zero-order valence-electron chi connectivity index (χ0n) is 10.6. The molecule has 1 heterocycles. The normalized spacial score (nSPS) is 17.1. The average molecular weight is 298 g/mol. The van der Waals surface area contributed by atoms with Gasteiger partial charge < -0.3 is 10.1 Å². The summed E-state index contributed by atoms with van der Waals surface area (Å²) in [6.07, 6.45) is 3.78. The molecule has 2 rings (SSSR count). The van der Waals surface area contributed by atoms with Gasteiger partial charge in [0.15, 0.2) is 0 Å². The first-order valence-electron chi connectivity index (χ1n) is 6.24. The summed E-state index contributed by atoms with van der Waals surface area (Å²) in [5, 5.41) is 3.42. The Hall–Kier alpha value is -0.540. The molecule has 1 aliphatic rings. The second-order valence-electron chi connectivity index (χ2n) is 4.81. The molecule has 2 nitrogen and oxygen atoms in total. The van der Waals surface area contributed by atoms with Gasteiger partial charge in [0, 0.05) is 0 Å². The van der Waals surface area contributed by atoms with Gasteiger partial charge in [0.2, 0.25) is 0 Å². The lowest BCUT2D eigenvalue weighted by Gasteiger charge is -2.23. The molecule has 0 bridgehead atoms. The minimum Gasteiger partial charge on any atom is -0.496 e. The number of halogens is 1. The standard InChI is InChI=1S/C14H20BrNO/c1-10-7-14(17-2)13(15)9-12(10)8-11-3-5-16-6-4-11/h7,9,11,16H,3-6,8H2,1-2H3. The lowest BCUT2D eigenvalue weighted by molar-refractivity contribution is 0.371. The molecule has 0 unspecified atom stereocenters. The van der Waals surface area contributed by atoms with Gasteiger partial charge in [-0.15, -0.1) is 0 Å². The molecular formula is C14H20BrNO. The largest absolute Gasteiger partial charge is 0.496 e. The van der Waals surface area contributed by atoms with Gasteiger partial charge in [0.25, 0.3) is 0 Å². The van der Waals surface area contributed by atoms with E-state index in [1.807, 2.05) is 0 Å². The van der Waals surface area contributed by atoms with Crippen LogP contribution in [-0.4, -0.2) is 20.2 Å². The predicted molar refractivity (Wildman–Crippen MR) is 74.7 cm³/mol. The van der Waals surface area contributed by atoms with Crippen molar-refractivity contribution < 1.29 is 4.74 Å². The van der Waals surface area contributed by atoms with Gasteiger partial charge in [-0.1, -0.05) is 0 Å². The van der Waals surface area contributed by atoms with Crippen molar-refractivity contribution in [3.8, 4) is 5.75 Å². The zero-order valence-corrected chi connectivity index (χ0v) is 12.1. The van der Waals surface area contributed by atoms with E-state index in [1.165, 1.54) is 43.5 Å². The van der Waals surface area contributed by atoms with E-state index in [2.05, 4.69) is 40.3 Å². The molecule has 1 aromatic rings. The summed E-state index contributed by atoms with van der Waals surface area (Å²) in [4.78, 5) is 0. The van der Waals surface area contributed by atoms with Crippen LogP contribution < -0.4 is 10.1 Å². The first-order valence-corrected chi connectivity index (χ1v) is 7.03. The topological polar surface area (TPSA) is 21.3 Å². The Morgan fingerprint density at radius 3 is 2.71 bits per heavy atom. The summed E-state index contributed by atoms with van der Waals surface area (Å²) in [6.45, 7) is 4.51. The Morgan fingerprint density at radius 1 is 1.35 bits per heavy atom. The lowest BCUT2D eigenvalue weighted by atomic mass is 9.89. The number of benzene rings is 1. The number of nitrogens with one attached hydrogen (secondary N) is 1. The molecular weight excluding hydrogens is 278 g/mol. The summed E-state index contributed by atoms with van der Waals surface area (Å²) in [5.41, 5.74) is 2.79. The Morgan fingerprint density at radius 2 is 2.06 bits per heavy atom. The van der Waals surface area contributed by atoms with Crippen LogP contribution in [0.1, 0.15) is 24.0 Å². The molecule has 1 aromatic carbocycles. The fourth-order valence-corrected chi connectivity index (χ4v) is 3.02. The molecule has 0 aromatic heterocycles. The molecule has 1 N–H and O–H groups in total. The van der Waals surface area contributed by atoms with Crippen molar-refractivity contribution in [2.24, 2.45) is 5.92 Å². The van der Waals surface area contributed by atoms with Crippen molar-refractivity contribution in [2.75, 3.05) is 20.2 Å². The molecule has 0 radical (unpaired) electrons. The van der Waals surface area contributed by atoms with E-state index in [9.17, 15) is 0 Å². The molecule has 3 heteroatoms. The first-order chi connectivity index (χ1) is 8.20. The van der Waals surface area contributed by atoms with Gasteiger partial charge in [-0.25, -0.2) is 0 Å². The molecule has 0 amide bonds. The van der Waals surface area contributed by atoms with E-state index in [0.717, 1.165) is 16.1 Å². The van der Waals surface area contributed by atoms with Crippen LogP contribution in [0.2, 0.25) is 0 Å². The highest BCUT2D eigenvalue weighted by molar-refractivity contribution is 9.10. The molecule has 17 heavy (non-hydrogen) atoms. The fourth-order valence-electron chi connectivity index (χ4n) is 2.47. The van der Waals surface area contributed by atoms with Crippen LogP contribution in [0.25, 0.3) is 0 Å². The maximum Gasteiger partial charge on any atom is 0.133 e. The van der Waals surface area contributed by atoms with Gasteiger partial charge in [0.1, 0.15) is 5.75 Å². The van der Waals surface area contributed by atoms with E-state index < -0.39 is 0 Å². The molecule has 1 aliphatic heterocycles. The van der Waals surface area contributed by atoms with Crippen LogP contribution >= 0.6 is 15.9 Å². The Kier molecular flexibility index (Phi) is 4.46. The van der Waals surface area contributed by atoms with Crippen LogP contribution in [0.15, 0.2) is 16.6 Å². The summed E-state index contributed by atoms with van der Waals surface area (Å²) in [6, 6.07) is 4.34. The molecule has 0 aliphatic carbocycles. The van der Waals surface area contributed by atoms with E-state index in [0.29, 0.717) is 0 Å². The predicted octanol–water partition coefficient (Wildman–Crippen LogP) is 3.31. The quantitative estimate of drug-likeness (QED) is 0.924. The maximum absolute atomic E-state index is 5.31. The number of ether oxygens (including phenoxy) is 1. The molecule has 1 fully saturated rings. The van der Waals surface area contributed by atoms with E-state index >= 15 is 0 Å². The third-order valence-electron chi connectivity index (χ3n) is 3.58. The number of aryl methyl sites for hydroxylation is 1. The van der Waals surface area contributed by atoms with Gasteiger partial charge >= 0.3 is 0 Å². The smallest absolute Gasteiger partial charge is 0.133 e. The number of methoxy groups -OCH3 is 1. The molecule has 0 spiro atoms. The van der Waals surface area contributed by atoms with Crippen LogP contribution in [-0.2, 0) is 6.42 Å². The highest BCUT2D eigenvalue weighted by Gasteiger charge is 2.15. The van der Waals surface area contributed by atoms with Crippen LogP contribution in [0.3, 0.4) is 0 Å². The molecule has 0 saturated carbocycles.